The first kappa shape index (κ1) is 19.1. The van der Waals surface area contributed by atoms with Crippen molar-refractivity contribution in [3.8, 4) is 5.95 Å². The molecule has 146 valence electrons. The molecule has 3 heterocycles. The molecule has 0 saturated carbocycles. The molecule has 0 atom stereocenters. The van der Waals surface area contributed by atoms with Crippen molar-refractivity contribution in [1.29, 1.82) is 0 Å². The van der Waals surface area contributed by atoms with Gasteiger partial charge in [0.15, 0.2) is 18.2 Å². The molecule has 10 heteroatoms. The predicted octanol–water partition coefficient (Wildman–Crippen LogP) is 1.99. The number of aliphatic imine (C=N–C) groups is 1. The number of carbonyl (C=O) groups excluding carboxylic acids is 2. The van der Waals surface area contributed by atoms with Crippen LogP contribution in [0, 0.1) is 0 Å². The van der Waals surface area contributed by atoms with Crippen molar-refractivity contribution >= 4 is 51.7 Å². The van der Waals surface area contributed by atoms with Crippen LogP contribution in [0.25, 0.3) is 6.08 Å². The average molecular weight is 426 g/mol. The third-order valence-corrected chi connectivity index (χ3v) is 5.78. The number of amides is 1. The Bertz CT molecular complexity index is 1100. The molecule has 8 nitrogen and oxygen atoms in total. The molecule has 4 rings (SSSR count). The quantitative estimate of drug-likeness (QED) is 0.351. The summed E-state index contributed by atoms with van der Waals surface area (Å²) < 4.78 is 5.60. The number of benzene rings is 1. The molecule has 1 aliphatic heterocycles. The van der Waals surface area contributed by atoms with Crippen LogP contribution in [0.15, 0.2) is 63.1 Å². The van der Waals surface area contributed by atoms with Crippen molar-refractivity contribution < 1.29 is 23.9 Å². The van der Waals surface area contributed by atoms with Gasteiger partial charge in [0, 0.05) is 4.88 Å². The SMILES string of the molecule is C[n+]1noc([O-])c1C(=O)CSC1=N/C(=C/c2cccs2)C(=O)N1c1ccccc1. The van der Waals surface area contributed by atoms with Gasteiger partial charge in [0.1, 0.15) is 5.70 Å². The number of rotatable bonds is 5. The van der Waals surface area contributed by atoms with E-state index in [0.717, 1.165) is 21.3 Å². The van der Waals surface area contributed by atoms with Crippen LogP contribution >= 0.6 is 23.1 Å². The minimum atomic E-state index is -0.791. The van der Waals surface area contributed by atoms with Gasteiger partial charge in [-0.15, -0.1) is 11.3 Å². The highest BCUT2D eigenvalue weighted by Gasteiger charge is 2.33. The van der Waals surface area contributed by atoms with E-state index in [-0.39, 0.29) is 23.1 Å². The van der Waals surface area contributed by atoms with Gasteiger partial charge in [0.05, 0.1) is 16.7 Å². The van der Waals surface area contributed by atoms with Gasteiger partial charge in [0.2, 0.25) is 5.78 Å². The Balaban J connectivity index is 1.62. The Labute approximate surface area is 173 Å². The topological polar surface area (TPSA) is 103 Å². The first-order chi connectivity index (χ1) is 14.0. The highest BCUT2D eigenvalue weighted by Crippen LogP contribution is 2.30. The minimum Gasteiger partial charge on any atom is -0.539 e. The number of nitrogens with zero attached hydrogens (tertiary/aromatic N) is 4. The highest BCUT2D eigenvalue weighted by molar-refractivity contribution is 8.14. The van der Waals surface area contributed by atoms with Crippen molar-refractivity contribution in [3.63, 3.8) is 0 Å². The molecule has 1 amide bonds. The molecule has 0 bridgehead atoms. The van der Waals surface area contributed by atoms with Gasteiger partial charge in [-0.05, 0) is 29.7 Å². The number of thioether (sulfide) groups is 1. The molecule has 0 fully saturated rings. The predicted molar refractivity (Wildman–Crippen MR) is 108 cm³/mol. The van der Waals surface area contributed by atoms with Gasteiger partial charge >= 0.3 is 0 Å². The second-order valence-corrected chi connectivity index (χ2v) is 7.88. The maximum atomic E-state index is 13.0. The van der Waals surface area contributed by atoms with Gasteiger partial charge in [-0.1, -0.05) is 40.7 Å². The third kappa shape index (κ3) is 3.84. The lowest BCUT2D eigenvalue weighted by atomic mass is 10.3. The van der Waals surface area contributed by atoms with Gasteiger partial charge < -0.3 is 9.63 Å². The van der Waals surface area contributed by atoms with Crippen molar-refractivity contribution in [2.24, 2.45) is 12.0 Å². The Morgan fingerprint density at radius 2 is 2.10 bits per heavy atom. The Morgan fingerprint density at radius 3 is 2.76 bits per heavy atom. The fraction of sp³-hybridized carbons (Fsp3) is 0.105. The summed E-state index contributed by atoms with van der Waals surface area (Å²) >= 11 is 2.57. The Kier molecular flexibility index (Phi) is 5.28. The van der Waals surface area contributed by atoms with Crippen LogP contribution < -0.4 is 14.7 Å². The zero-order chi connectivity index (χ0) is 20.4. The number of hydrogen-bond acceptors (Lipinski definition) is 8. The molecule has 29 heavy (non-hydrogen) atoms. The minimum absolute atomic E-state index is 0.0912. The summed E-state index contributed by atoms with van der Waals surface area (Å²) in [6.07, 6.45) is 1.72. The molecular weight excluding hydrogens is 412 g/mol. The molecule has 0 aliphatic carbocycles. The lowest BCUT2D eigenvalue weighted by Gasteiger charge is -2.17. The molecule has 0 N–H and O–H groups in total. The lowest BCUT2D eigenvalue weighted by molar-refractivity contribution is -0.741. The van der Waals surface area contributed by atoms with Gasteiger partial charge in [-0.3, -0.25) is 14.5 Å². The molecule has 1 aliphatic rings. The molecule has 0 unspecified atom stereocenters. The third-order valence-electron chi connectivity index (χ3n) is 4.03. The molecule has 0 saturated heterocycles. The van der Waals surface area contributed by atoms with Crippen LogP contribution in [0.4, 0.5) is 5.69 Å². The molecule has 0 spiro atoms. The number of para-hydroxylation sites is 1. The van der Waals surface area contributed by atoms with E-state index >= 15 is 0 Å². The van der Waals surface area contributed by atoms with Crippen LogP contribution in [0.2, 0.25) is 0 Å². The van der Waals surface area contributed by atoms with Gasteiger partial charge in [-0.2, -0.15) is 0 Å². The van der Waals surface area contributed by atoms with Crippen LogP contribution in [-0.4, -0.2) is 27.9 Å². The Morgan fingerprint density at radius 1 is 1.31 bits per heavy atom. The number of thiophene rings is 1. The second-order valence-electron chi connectivity index (χ2n) is 5.96. The highest BCUT2D eigenvalue weighted by atomic mass is 32.2. The van der Waals surface area contributed by atoms with E-state index in [1.165, 1.54) is 23.3 Å². The van der Waals surface area contributed by atoms with Gasteiger partial charge in [-0.25, -0.2) is 4.99 Å². The van der Waals surface area contributed by atoms with Gasteiger partial charge in [0.25, 0.3) is 11.6 Å². The first-order valence-corrected chi connectivity index (χ1v) is 10.3. The van der Waals surface area contributed by atoms with Crippen LogP contribution in [0.1, 0.15) is 15.4 Å². The molecule has 2 aromatic heterocycles. The van der Waals surface area contributed by atoms with E-state index < -0.39 is 11.7 Å². The maximum absolute atomic E-state index is 13.0. The smallest absolute Gasteiger partial charge is 0.300 e. The number of hydrogen-bond donors (Lipinski definition) is 0. The van der Waals surface area contributed by atoms with Crippen molar-refractivity contribution in [2.45, 2.75) is 0 Å². The zero-order valence-corrected chi connectivity index (χ0v) is 16.8. The number of anilines is 1. The van der Waals surface area contributed by atoms with Crippen molar-refractivity contribution in [2.75, 3.05) is 10.7 Å². The fourth-order valence-electron chi connectivity index (χ4n) is 2.71. The number of ketones is 1. The normalized spacial score (nSPS) is 15.2. The number of carbonyl (C=O) groups is 2. The van der Waals surface area contributed by atoms with Crippen molar-refractivity contribution in [3.05, 3.63) is 64.1 Å². The largest absolute Gasteiger partial charge is 0.539 e. The zero-order valence-electron chi connectivity index (χ0n) is 15.1. The summed E-state index contributed by atoms with van der Waals surface area (Å²) in [7, 11) is 1.46. The fourth-order valence-corrected chi connectivity index (χ4v) is 4.24. The Hall–Kier alpha value is -3.24. The number of amidine groups is 1. The van der Waals surface area contributed by atoms with Crippen molar-refractivity contribution in [1.82, 2.24) is 5.27 Å². The summed E-state index contributed by atoms with van der Waals surface area (Å²) in [6.45, 7) is 0. The summed E-state index contributed by atoms with van der Waals surface area (Å²) in [6, 6.07) is 12.9. The van der Waals surface area contributed by atoms with E-state index in [1.807, 2.05) is 35.7 Å². The van der Waals surface area contributed by atoms with Crippen LogP contribution in [-0.2, 0) is 11.8 Å². The lowest BCUT2D eigenvalue weighted by Crippen LogP contribution is -2.38. The first-order valence-electron chi connectivity index (χ1n) is 8.47. The molecular formula is C19H14N4O4S2. The molecule has 1 aromatic carbocycles. The summed E-state index contributed by atoms with van der Waals surface area (Å²) in [5.41, 5.74) is 0.778. The van der Waals surface area contributed by atoms with E-state index in [2.05, 4.69) is 14.8 Å². The molecule has 0 radical (unpaired) electrons. The number of aromatic nitrogens is 2. The number of Topliss-reactive ketones (excluding diaryl/α,β-unsaturated/α-hetero) is 1. The summed E-state index contributed by atoms with van der Waals surface area (Å²) in [4.78, 5) is 32.3. The maximum Gasteiger partial charge on any atom is 0.300 e. The summed E-state index contributed by atoms with van der Waals surface area (Å²) in [5, 5.41) is 17.4. The van der Waals surface area contributed by atoms with E-state index in [4.69, 9.17) is 0 Å². The van der Waals surface area contributed by atoms with E-state index in [1.54, 1.807) is 18.2 Å². The monoisotopic (exact) mass is 426 g/mol. The van der Waals surface area contributed by atoms with Crippen LogP contribution in [0.5, 0.6) is 5.95 Å². The van der Waals surface area contributed by atoms with E-state index in [9.17, 15) is 14.7 Å². The molecule has 3 aromatic rings. The average Bonchev–Trinajstić information content (AvgIpc) is 3.42. The second kappa shape index (κ2) is 8.02. The van der Waals surface area contributed by atoms with Crippen LogP contribution in [0.3, 0.4) is 0 Å². The standard InChI is InChI=1S/C19H14N4O4S2/c1-22-16(18(26)27-21-22)15(24)11-29-19-20-14(10-13-8-5-9-28-13)17(25)23(19)12-6-3-2-4-7-12/h2-10H,11H2,1H3/b14-10+. The number of aryl methyl sites for hydroxylation is 1. The van der Waals surface area contributed by atoms with E-state index in [0.29, 0.717) is 10.9 Å². The summed E-state index contributed by atoms with van der Waals surface area (Å²) in [5.74, 6) is -1.62.